The van der Waals surface area contributed by atoms with Crippen molar-refractivity contribution in [1.82, 2.24) is 41.0 Å². The third-order valence-corrected chi connectivity index (χ3v) is 13.3. The van der Waals surface area contributed by atoms with Gasteiger partial charge in [-0.15, -0.1) is 5.06 Å². The van der Waals surface area contributed by atoms with Crippen LogP contribution in [-0.2, 0) is 44.8 Å². The largest absolute Gasteiger partial charge is 0.347 e. The van der Waals surface area contributed by atoms with Gasteiger partial charge in [0.05, 0.1) is 33.9 Å². The SMILES string of the molecule is C[C@H](NC(=O)CNC(=O)CCC(=O)ON1C(=O)CCC1=O)C(=O)N[C@@H](Cc1ccccc1)C(=O)N(CCCNCCN1C(=O)c2cccc3cc([N+](=O)[O-])cc(c23)C1=O)CCN1C(=O)c2cccc3cc([N+](=O)[O-])cc(c23)C1=O. The number of nitro benzene ring substituents is 2. The molecule has 10 amide bonds. The topological polar surface area (TPSA) is 344 Å². The van der Waals surface area contributed by atoms with Crippen LogP contribution in [0.5, 0.6) is 0 Å². The van der Waals surface area contributed by atoms with Gasteiger partial charge >= 0.3 is 5.97 Å². The van der Waals surface area contributed by atoms with E-state index >= 15 is 0 Å². The summed E-state index contributed by atoms with van der Waals surface area (Å²) in [5.41, 5.74) is 0.122. The molecule has 1 fully saturated rings. The van der Waals surface area contributed by atoms with Crippen LogP contribution in [0.15, 0.2) is 91.0 Å². The smallest absolute Gasteiger partial charge is 0.333 e. The van der Waals surface area contributed by atoms with E-state index in [0.717, 1.165) is 21.9 Å². The van der Waals surface area contributed by atoms with Crippen LogP contribution in [0.1, 0.15) is 86.0 Å². The number of hydrogen-bond acceptors (Lipinski definition) is 17. The normalized spacial score (nSPS) is 14.6. The van der Waals surface area contributed by atoms with Gasteiger partial charge in [0.1, 0.15) is 12.1 Å². The van der Waals surface area contributed by atoms with E-state index < -0.39 is 113 Å². The number of nitrogens with one attached hydrogen (secondary N) is 4. The first-order valence-corrected chi connectivity index (χ1v) is 24.9. The molecule has 0 aromatic heterocycles. The predicted molar refractivity (Wildman–Crippen MR) is 275 cm³/mol. The van der Waals surface area contributed by atoms with Crippen molar-refractivity contribution >= 4 is 98.0 Å². The van der Waals surface area contributed by atoms with Crippen LogP contribution in [0, 0.1) is 20.2 Å². The number of benzene rings is 5. The predicted octanol–water partition coefficient (Wildman–Crippen LogP) is 2.25. The lowest BCUT2D eigenvalue weighted by Crippen LogP contribution is -2.56. The van der Waals surface area contributed by atoms with Gasteiger partial charge < -0.3 is 31.0 Å². The average molecular weight is 1080 g/mol. The maximum absolute atomic E-state index is 14.9. The number of hydroxylamine groups is 2. The van der Waals surface area contributed by atoms with Crippen LogP contribution < -0.4 is 21.3 Å². The number of non-ortho nitro benzene ring substituents is 2. The molecule has 4 N–H and O–H groups in total. The Kier molecular flexibility index (Phi) is 16.8. The molecule has 2 atom stereocenters. The van der Waals surface area contributed by atoms with Gasteiger partial charge in [-0.2, -0.15) is 0 Å². The minimum absolute atomic E-state index is 0.00352. The molecular formula is C53H50N10O16. The zero-order valence-corrected chi connectivity index (χ0v) is 42.2. The molecule has 0 saturated carbocycles. The van der Waals surface area contributed by atoms with E-state index in [1.165, 1.54) is 42.2 Å². The molecule has 26 heteroatoms. The zero-order chi connectivity index (χ0) is 56.7. The number of rotatable bonds is 24. The maximum atomic E-state index is 14.9. The van der Waals surface area contributed by atoms with E-state index in [0.29, 0.717) is 26.8 Å². The van der Waals surface area contributed by atoms with Crippen molar-refractivity contribution in [2.24, 2.45) is 0 Å². The molecule has 5 aromatic carbocycles. The fraction of sp³-hybridized carbons (Fsp3) is 0.302. The van der Waals surface area contributed by atoms with Gasteiger partial charge in [0.15, 0.2) is 0 Å². The molecule has 8 rings (SSSR count). The number of imide groups is 3. The lowest BCUT2D eigenvalue weighted by Gasteiger charge is -2.32. The van der Waals surface area contributed by atoms with Crippen molar-refractivity contribution in [2.45, 2.75) is 57.5 Å². The molecule has 5 aromatic rings. The summed E-state index contributed by atoms with van der Waals surface area (Å²) in [6, 6.07) is 19.9. The third-order valence-electron chi connectivity index (χ3n) is 13.3. The summed E-state index contributed by atoms with van der Waals surface area (Å²) in [7, 11) is 0. The second-order valence-electron chi connectivity index (χ2n) is 18.6. The summed E-state index contributed by atoms with van der Waals surface area (Å²) in [6.45, 7) is -0.00183. The summed E-state index contributed by atoms with van der Waals surface area (Å²) in [5.74, 6) is -8.40. The molecule has 3 heterocycles. The summed E-state index contributed by atoms with van der Waals surface area (Å²) < 4.78 is 0. The monoisotopic (exact) mass is 1080 g/mol. The summed E-state index contributed by atoms with van der Waals surface area (Å²) in [5, 5.41) is 35.7. The van der Waals surface area contributed by atoms with Crippen LogP contribution in [-0.4, -0.2) is 153 Å². The van der Waals surface area contributed by atoms with E-state index in [-0.39, 0.29) is 97.4 Å². The molecule has 3 aliphatic heterocycles. The molecule has 3 aliphatic rings. The first kappa shape index (κ1) is 55.4. The highest BCUT2D eigenvalue weighted by Gasteiger charge is 2.38. The Labute approximate surface area is 447 Å². The van der Waals surface area contributed by atoms with Gasteiger partial charge in [0.2, 0.25) is 23.6 Å². The first-order chi connectivity index (χ1) is 37.8. The standard InChI is InChI=1S/C53H50N10O16/c1-30(56-42(65)29-55-41(64)14-17-45(68)79-61-43(66)15-16-44(61)67)48(69)57-40(24-31-8-3-2-4-9-31)53(74)58(22-23-60-50(71)37-13-6-11-33-26-35(63(77)78)28-39(47(33)37)52(60)73)20-7-18-54-19-21-59-49(70)36-12-5-10-32-25-34(62(75)76)27-38(46(32)36)51(59)72/h2-6,8-13,25-28,30,40,54H,7,14-24,29H2,1H3,(H,55,64)(H,56,65)(H,57,69)/t30-,40-/m0/s1. The number of amides is 10. The lowest BCUT2D eigenvalue weighted by molar-refractivity contribution is -0.384. The Balaban J connectivity index is 0.941. The van der Waals surface area contributed by atoms with Crippen molar-refractivity contribution in [1.29, 1.82) is 0 Å². The molecule has 0 bridgehead atoms. The van der Waals surface area contributed by atoms with E-state index in [9.17, 15) is 73.0 Å². The zero-order valence-electron chi connectivity index (χ0n) is 42.2. The molecular weight excluding hydrogens is 1030 g/mol. The fourth-order valence-corrected chi connectivity index (χ4v) is 9.38. The van der Waals surface area contributed by atoms with E-state index in [2.05, 4.69) is 21.3 Å². The number of nitro groups is 2. The highest BCUT2D eigenvalue weighted by molar-refractivity contribution is 6.27. The van der Waals surface area contributed by atoms with Crippen LogP contribution in [0.3, 0.4) is 0 Å². The molecule has 1 saturated heterocycles. The van der Waals surface area contributed by atoms with Gasteiger partial charge in [-0.05, 0) is 48.4 Å². The molecule has 0 radical (unpaired) electrons. The Bertz CT molecular complexity index is 3390. The minimum atomic E-state index is -1.34. The molecule has 408 valence electrons. The van der Waals surface area contributed by atoms with E-state index in [1.807, 2.05) is 0 Å². The Morgan fingerprint density at radius 3 is 1.77 bits per heavy atom. The number of hydrogen-bond donors (Lipinski definition) is 4. The third kappa shape index (κ3) is 12.4. The highest BCUT2D eigenvalue weighted by atomic mass is 16.7. The van der Waals surface area contributed by atoms with Gasteiger partial charge in [-0.1, -0.05) is 54.6 Å². The molecule has 0 spiro atoms. The van der Waals surface area contributed by atoms with E-state index in [4.69, 9.17) is 4.84 Å². The van der Waals surface area contributed by atoms with Crippen molar-refractivity contribution in [3.8, 4) is 0 Å². The molecule has 79 heavy (non-hydrogen) atoms. The van der Waals surface area contributed by atoms with Crippen molar-refractivity contribution in [3.63, 3.8) is 0 Å². The second kappa shape index (κ2) is 24.0. The van der Waals surface area contributed by atoms with Crippen molar-refractivity contribution in [3.05, 3.63) is 139 Å². The van der Waals surface area contributed by atoms with Gasteiger partial charge in [0.25, 0.3) is 46.8 Å². The van der Waals surface area contributed by atoms with Crippen molar-refractivity contribution < 1.29 is 67.4 Å². The molecule has 0 aliphatic carbocycles. The van der Waals surface area contributed by atoms with Crippen LogP contribution in [0.25, 0.3) is 21.5 Å². The van der Waals surface area contributed by atoms with Crippen molar-refractivity contribution in [2.75, 3.05) is 45.8 Å². The Hall–Kier alpha value is -9.85. The quantitative estimate of drug-likeness (QED) is 0.0298. The fourth-order valence-electron chi connectivity index (χ4n) is 9.38. The summed E-state index contributed by atoms with van der Waals surface area (Å²) >= 11 is 0. The Morgan fingerprint density at radius 1 is 0.646 bits per heavy atom. The average Bonchev–Trinajstić information content (AvgIpc) is 3.94. The number of carbonyl (C=O) groups excluding carboxylic acids is 11. The maximum Gasteiger partial charge on any atom is 0.333 e. The van der Waals surface area contributed by atoms with Gasteiger partial charge in [0, 0.05) is 105 Å². The molecule has 26 nitrogen and oxygen atoms in total. The van der Waals surface area contributed by atoms with Crippen LogP contribution >= 0.6 is 0 Å². The summed E-state index contributed by atoms with van der Waals surface area (Å²) in [4.78, 5) is 175. The van der Waals surface area contributed by atoms with E-state index in [1.54, 1.807) is 48.5 Å². The van der Waals surface area contributed by atoms with Crippen LogP contribution in [0.2, 0.25) is 0 Å². The lowest BCUT2D eigenvalue weighted by atomic mass is 9.93. The van der Waals surface area contributed by atoms with Gasteiger partial charge in [-0.25, -0.2) is 4.79 Å². The second-order valence-corrected chi connectivity index (χ2v) is 18.6. The number of nitrogens with zero attached hydrogens (tertiary/aromatic N) is 6. The first-order valence-electron chi connectivity index (χ1n) is 24.9. The van der Waals surface area contributed by atoms with Crippen LogP contribution in [0.4, 0.5) is 11.4 Å². The Morgan fingerprint density at radius 2 is 1.20 bits per heavy atom. The highest BCUT2D eigenvalue weighted by Crippen LogP contribution is 2.35. The summed E-state index contributed by atoms with van der Waals surface area (Å²) in [6.07, 6.45) is -1.14. The van der Waals surface area contributed by atoms with Gasteiger partial charge in [-0.3, -0.25) is 78.0 Å². The molecule has 0 unspecified atom stereocenters. The number of carbonyl (C=O) groups is 11. The minimum Gasteiger partial charge on any atom is -0.347 e.